The van der Waals surface area contributed by atoms with Crippen molar-refractivity contribution in [3.8, 4) is 17.8 Å². The molecule has 6 heteroatoms. The molecule has 1 N–H and O–H groups in total. The number of rotatable bonds is 6. The molecule has 0 saturated carbocycles. The minimum Gasteiger partial charge on any atom is -0.461 e. The zero-order chi connectivity index (χ0) is 14.4. The lowest BCUT2D eigenvalue weighted by molar-refractivity contribution is 0.218. The largest absolute Gasteiger partial charge is 0.461 e. The summed E-state index contributed by atoms with van der Waals surface area (Å²) in [5.41, 5.74) is 0. The highest BCUT2D eigenvalue weighted by Crippen LogP contribution is 2.20. The number of hydrogen-bond donors (Lipinski definition) is 1. The van der Waals surface area contributed by atoms with E-state index in [1.165, 1.54) is 0 Å². The summed E-state index contributed by atoms with van der Waals surface area (Å²) in [5.74, 6) is 1.10. The fraction of sp³-hybridized carbons (Fsp3) is 0.357. The zero-order valence-corrected chi connectivity index (χ0v) is 11.8. The van der Waals surface area contributed by atoms with Gasteiger partial charge in [-0.15, -0.1) is 4.98 Å². The van der Waals surface area contributed by atoms with Crippen LogP contribution in [0, 0.1) is 0 Å². The SMILES string of the molecule is CCNc1nc(Oc2ccccc2)nc(OC(C)C)n1. The maximum atomic E-state index is 5.61. The molecule has 2 rings (SSSR count). The molecule has 0 unspecified atom stereocenters. The zero-order valence-electron chi connectivity index (χ0n) is 11.8. The van der Waals surface area contributed by atoms with Crippen molar-refractivity contribution in [2.24, 2.45) is 0 Å². The maximum absolute atomic E-state index is 5.61. The first kappa shape index (κ1) is 14.0. The number of ether oxygens (including phenoxy) is 2. The van der Waals surface area contributed by atoms with Gasteiger partial charge in [0.05, 0.1) is 6.10 Å². The Kier molecular flexibility index (Phi) is 4.70. The first-order valence-electron chi connectivity index (χ1n) is 6.57. The van der Waals surface area contributed by atoms with Crippen molar-refractivity contribution in [1.82, 2.24) is 15.0 Å². The molecule has 0 radical (unpaired) electrons. The van der Waals surface area contributed by atoms with Crippen LogP contribution in [0.2, 0.25) is 0 Å². The van der Waals surface area contributed by atoms with E-state index in [9.17, 15) is 0 Å². The normalized spacial score (nSPS) is 10.4. The molecule has 0 bridgehead atoms. The van der Waals surface area contributed by atoms with Gasteiger partial charge in [-0.2, -0.15) is 9.97 Å². The molecular weight excluding hydrogens is 256 g/mol. The van der Waals surface area contributed by atoms with Crippen molar-refractivity contribution in [2.45, 2.75) is 26.9 Å². The molecule has 0 saturated heterocycles. The van der Waals surface area contributed by atoms with Gasteiger partial charge in [0, 0.05) is 6.54 Å². The minimum atomic E-state index is -0.0172. The van der Waals surface area contributed by atoms with Crippen LogP contribution in [0.25, 0.3) is 0 Å². The van der Waals surface area contributed by atoms with Gasteiger partial charge >= 0.3 is 12.0 Å². The van der Waals surface area contributed by atoms with E-state index in [-0.39, 0.29) is 18.1 Å². The molecule has 0 aliphatic heterocycles. The first-order chi connectivity index (χ1) is 9.67. The molecule has 20 heavy (non-hydrogen) atoms. The molecule has 0 amide bonds. The highest BCUT2D eigenvalue weighted by Gasteiger charge is 2.10. The Hall–Kier alpha value is -2.37. The molecule has 2 aromatic rings. The Bertz CT molecular complexity index is 546. The smallest absolute Gasteiger partial charge is 0.330 e. The highest BCUT2D eigenvalue weighted by molar-refractivity contribution is 5.30. The monoisotopic (exact) mass is 274 g/mol. The van der Waals surface area contributed by atoms with Crippen molar-refractivity contribution in [3.63, 3.8) is 0 Å². The van der Waals surface area contributed by atoms with Crippen molar-refractivity contribution >= 4 is 5.95 Å². The van der Waals surface area contributed by atoms with Crippen LogP contribution >= 0.6 is 0 Å². The van der Waals surface area contributed by atoms with Crippen LogP contribution in [0.1, 0.15) is 20.8 Å². The molecule has 6 nitrogen and oxygen atoms in total. The average molecular weight is 274 g/mol. The van der Waals surface area contributed by atoms with Gasteiger partial charge in [-0.05, 0) is 32.9 Å². The summed E-state index contributed by atoms with van der Waals surface area (Å²) in [7, 11) is 0. The number of hydrogen-bond acceptors (Lipinski definition) is 6. The quantitative estimate of drug-likeness (QED) is 0.873. The summed E-state index contributed by atoms with van der Waals surface area (Å²) in [6.07, 6.45) is -0.0172. The lowest BCUT2D eigenvalue weighted by atomic mass is 10.3. The summed E-state index contributed by atoms with van der Waals surface area (Å²) in [5, 5.41) is 3.03. The van der Waals surface area contributed by atoms with Crippen LogP contribution in [-0.4, -0.2) is 27.6 Å². The molecular formula is C14H18N4O2. The third-order valence-corrected chi connectivity index (χ3v) is 2.22. The number of para-hydroxylation sites is 1. The minimum absolute atomic E-state index is 0.0172. The predicted molar refractivity (Wildman–Crippen MR) is 76.3 cm³/mol. The number of nitrogens with one attached hydrogen (secondary N) is 1. The Labute approximate surface area is 118 Å². The van der Waals surface area contributed by atoms with E-state index in [1.54, 1.807) is 0 Å². The van der Waals surface area contributed by atoms with Gasteiger partial charge in [0.1, 0.15) is 5.75 Å². The summed E-state index contributed by atoms with van der Waals surface area (Å²) < 4.78 is 11.1. The third kappa shape index (κ3) is 4.08. The molecule has 0 atom stereocenters. The van der Waals surface area contributed by atoms with E-state index in [2.05, 4.69) is 20.3 Å². The van der Waals surface area contributed by atoms with Gasteiger partial charge in [-0.1, -0.05) is 18.2 Å². The van der Waals surface area contributed by atoms with E-state index in [1.807, 2.05) is 51.1 Å². The molecule has 0 spiro atoms. The molecule has 1 aromatic heterocycles. The summed E-state index contributed by atoms with van der Waals surface area (Å²) in [4.78, 5) is 12.5. The lowest BCUT2D eigenvalue weighted by Crippen LogP contribution is -2.12. The van der Waals surface area contributed by atoms with Crippen LogP contribution in [0.5, 0.6) is 17.8 Å². The number of aromatic nitrogens is 3. The predicted octanol–water partition coefficient (Wildman–Crippen LogP) is 2.88. The summed E-state index contributed by atoms with van der Waals surface area (Å²) in [6.45, 7) is 6.49. The first-order valence-corrected chi connectivity index (χ1v) is 6.57. The Balaban J connectivity index is 2.24. The number of nitrogens with zero attached hydrogens (tertiary/aromatic N) is 3. The molecule has 0 fully saturated rings. The Morgan fingerprint density at radius 1 is 1.05 bits per heavy atom. The van der Waals surface area contributed by atoms with Gasteiger partial charge < -0.3 is 14.8 Å². The molecule has 1 heterocycles. The molecule has 106 valence electrons. The maximum Gasteiger partial charge on any atom is 0.330 e. The standard InChI is InChI=1S/C14H18N4O2/c1-4-15-12-16-13(19-10(2)3)18-14(17-12)20-11-8-6-5-7-9-11/h5-10H,4H2,1-3H3,(H,15,16,17,18). The molecule has 1 aromatic carbocycles. The van der Waals surface area contributed by atoms with Gasteiger partial charge in [0.2, 0.25) is 5.95 Å². The summed E-state index contributed by atoms with van der Waals surface area (Å²) >= 11 is 0. The van der Waals surface area contributed by atoms with Crippen LogP contribution in [0.3, 0.4) is 0 Å². The fourth-order valence-corrected chi connectivity index (χ4v) is 1.48. The number of benzene rings is 1. The second-order valence-corrected chi connectivity index (χ2v) is 4.34. The Morgan fingerprint density at radius 2 is 1.75 bits per heavy atom. The van der Waals surface area contributed by atoms with Crippen molar-refractivity contribution in [2.75, 3.05) is 11.9 Å². The van der Waals surface area contributed by atoms with E-state index < -0.39 is 0 Å². The van der Waals surface area contributed by atoms with Crippen LogP contribution in [0.4, 0.5) is 5.95 Å². The average Bonchev–Trinajstić information content (AvgIpc) is 2.39. The van der Waals surface area contributed by atoms with Crippen LogP contribution in [-0.2, 0) is 0 Å². The van der Waals surface area contributed by atoms with E-state index in [0.29, 0.717) is 18.2 Å². The fourth-order valence-electron chi connectivity index (χ4n) is 1.48. The second-order valence-electron chi connectivity index (χ2n) is 4.34. The van der Waals surface area contributed by atoms with Gasteiger partial charge in [0.25, 0.3) is 0 Å². The van der Waals surface area contributed by atoms with Gasteiger partial charge in [0.15, 0.2) is 0 Å². The topological polar surface area (TPSA) is 69.2 Å². The van der Waals surface area contributed by atoms with Gasteiger partial charge in [-0.3, -0.25) is 0 Å². The van der Waals surface area contributed by atoms with Crippen molar-refractivity contribution < 1.29 is 9.47 Å². The Morgan fingerprint density at radius 3 is 2.40 bits per heavy atom. The number of anilines is 1. The molecule has 0 aliphatic carbocycles. The van der Waals surface area contributed by atoms with E-state index >= 15 is 0 Å². The van der Waals surface area contributed by atoms with Crippen molar-refractivity contribution in [1.29, 1.82) is 0 Å². The van der Waals surface area contributed by atoms with E-state index in [0.717, 1.165) is 0 Å². The van der Waals surface area contributed by atoms with Gasteiger partial charge in [-0.25, -0.2) is 0 Å². The second kappa shape index (κ2) is 6.70. The van der Waals surface area contributed by atoms with Crippen LogP contribution < -0.4 is 14.8 Å². The van der Waals surface area contributed by atoms with Crippen molar-refractivity contribution in [3.05, 3.63) is 30.3 Å². The summed E-state index contributed by atoms with van der Waals surface area (Å²) in [6, 6.07) is 9.80. The third-order valence-electron chi connectivity index (χ3n) is 2.22. The van der Waals surface area contributed by atoms with E-state index in [4.69, 9.17) is 9.47 Å². The molecule has 0 aliphatic rings. The lowest BCUT2D eigenvalue weighted by Gasteiger charge is -2.11. The van der Waals surface area contributed by atoms with Crippen LogP contribution in [0.15, 0.2) is 30.3 Å². The highest BCUT2D eigenvalue weighted by atomic mass is 16.5.